The molecule has 2 saturated carbocycles. The number of hydrogen-bond acceptors (Lipinski definition) is 3. The van der Waals surface area contributed by atoms with Gasteiger partial charge < -0.3 is 4.74 Å². The molecule has 0 radical (unpaired) electrons. The Labute approximate surface area is 95.5 Å². The molecular formula is C13H18O3. The van der Waals surface area contributed by atoms with Crippen molar-refractivity contribution in [1.29, 1.82) is 0 Å². The van der Waals surface area contributed by atoms with Gasteiger partial charge in [0.25, 0.3) is 0 Å². The monoisotopic (exact) mass is 222 g/mol. The molecule has 0 amide bonds. The van der Waals surface area contributed by atoms with Gasteiger partial charge in [-0.15, -0.1) is 0 Å². The average Bonchev–Trinajstić information content (AvgIpc) is 2.57. The van der Waals surface area contributed by atoms with Gasteiger partial charge in [0, 0.05) is 12.3 Å². The Bertz CT molecular complexity index is 349. The summed E-state index contributed by atoms with van der Waals surface area (Å²) < 4.78 is 5.41. The predicted octanol–water partition coefficient (Wildman–Crippen LogP) is 2.09. The smallest absolute Gasteiger partial charge is 0.306 e. The molecule has 16 heavy (non-hydrogen) atoms. The van der Waals surface area contributed by atoms with E-state index in [1.54, 1.807) is 0 Å². The van der Waals surface area contributed by atoms with Crippen LogP contribution < -0.4 is 0 Å². The van der Waals surface area contributed by atoms with Crippen LogP contribution in [0.25, 0.3) is 0 Å². The van der Waals surface area contributed by atoms with Gasteiger partial charge >= 0.3 is 5.97 Å². The zero-order valence-corrected chi connectivity index (χ0v) is 9.70. The molecule has 3 rings (SSSR count). The van der Waals surface area contributed by atoms with Crippen LogP contribution in [0, 0.1) is 17.3 Å². The first-order valence-electron chi connectivity index (χ1n) is 6.32. The van der Waals surface area contributed by atoms with Gasteiger partial charge in [-0.25, -0.2) is 0 Å². The Kier molecular flexibility index (Phi) is 2.13. The molecule has 0 aromatic rings. The number of carbonyl (C=O) groups excluding carboxylic acids is 2. The van der Waals surface area contributed by atoms with Crippen molar-refractivity contribution in [1.82, 2.24) is 0 Å². The van der Waals surface area contributed by atoms with Gasteiger partial charge in [-0.05, 0) is 31.1 Å². The van der Waals surface area contributed by atoms with E-state index in [-0.39, 0.29) is 23.4 Å². The number of esters is 1. The molecule has 0 aromatic heterocycles. The molecule has 3 aliphatic rings. The van der Waals surface area contributed by atoms with Gasteiger partial charge in [-0.1, -0.05) is 6.92 Å². The van der Waals surface area contributed by atoms with E-state index in [1.807, 2.05) is 0 Å². The minimum absolute atomic E-state index is 0.00792. The van der Waals surface area contributed by atoms with E-state index in [2.05, 4.69) is 6.92 Å². The van der Waals surface area contributed by atoms with Crippen LogP contribution in [0.1, 0.15) is 45.4 Å². The van der Waals surface area contributed by atoms with Gasteiger partial charge in [-0.3, -0.25) is 9.59 Å². The Morgan fingerprint density at radius 1 is 1.31 bits per heavy atom. The molecule has 4 atom stereocenters. The summed E-state index contributed by atoms with van der Waals surface area (Å²) in [5.41, 5.74) is 0.0983. The Morgan fingerprint density at radius 2 is 2.12 bits per heavy atom. The molecule has 0 aromatic carbocycles. The van der Waals surface area contributed by atoms with Gasteiger partial charge in [0.05, 0.1) is 12.3 Å². The number of hydrogen-bond donors (Lipinski definition) is 0. The molecule has 2 aliphatic carbocycles. The summed E-state index contributed by atoms with van der Waals surface area (Å²) in [5.74, 6) is 0.537. The van der Waals surface area contributed by atoms with E-state index >= 15 is 0 Å². The minimum Gasteiger partial charge on any atom is -0.461 e. The van der Waals surface area contributed by atoms with Crippen molar-refractivity contribution in [3.05, 3.63) is 0 Å². The van der Waals surface area contributed by atoms with E-state index in [0.29, 0.717) is 24.5 Å². The van der Waals surface area contributed by atoms with E-state index in [0.717, 1.165) is 25.7 Å². The van der Waals surface area contributed by atoms with Gasteiger partial charge in [0.1, 0.15) is 11.9 Å². The fraction of sp³-hybridized carbons (Fsp3) is 0.846. The minimum atomic E-state index is -0.0994. The second kappa shape index (κ2) is 3.31. The van der Waals surface area contributed by atoms with Crippen LogP contribution >= 0.6 is 0 Å². The second-order valence-electron chi connectivity index (χ2n) is 5.91. The SMILES string of the molecule is C[C@@]12CCCC(=O)[C@@H]1[C@H]1OC(=O)C[C@H]1CC2. The summed E-state index contributed by atoms with van der Waals surface area (Å²) in [4.78, 5) is 23.5. The normalized spacial score (nSPS) is 47.2. The standard InChI is InChI=1S/C13H18O3/c1-13-5-2-3-9(14)11(13)12-8(4-6-13)7-10(15)16-12/h8,11-12H,2-7H2,1H3/t8-,11-,12+,13+/m1/s1. The lowest BCUT2D eigenvalue weighted by Gasteiger charge is -2.48. The van der Waals surface area contributed by atoms with E-state index in [1.165, 1.54) is 0 Å². The highest BCUT2D eigenvalue weighted by Gasteiger charge is 2.55. The highest BCUT2D eigenvalue weighted by atomic mass is 16.6. The van der Waals surface area contributed by atoms with Crippen molar-refractivity contribution in [2.24, 2.45) is 17.3 Å². The van der Waals surface area contributed by atoms with Crippen molar-refractivity contribution in [3.63, 3.8) is 0 Å². The molecule has 0 spiro atoms. The molecular weight excluding hydrogens is 204 g/mol. The molecule has 1 heterocycles. The summed E-state index contributed by atoms with van der Waals surface area (Å²) in [7, 11) is 0. The fourth-order valence-electron chi connectivity index (χ4n) is 3.97. The fourth-order valence-corrected chi connectivity index (χ4v) is 3.97. The number of rotatable bonds is 0. The molecule has 1 aliphatic heterocycles. The van der Waals surface area contributed by atoms with E-state index in [4.69, 9.17) is 4.74 Å². The number of ether oxygens (including phenoxy) is 1. The van der Waals surface area contributed by atoms with Crippen molar-refractivity contribution in [2.75, 3.05) is 0 Å². The average molecular weight is 222 g/mol. The third-order valence-electron chi connectivity index (χ3n) is 4.84. The maximum absolute atomic E-state index is 12.1. The summed E-state index contributed by atoms with van der Waals surface area (Å²) in [6.45, 7) is 2.21. The van der Waals surface area contributed by atoms with Crippen molar-refractivity contribution < 1.29 is 14.3 Å². The molecule has 3 heteroatoms. The van der Waals surface area contributed by atoms with Gasteiger partial charge in [0.15, 0.2) is 0 Å². The third kappa shape index (κ3) is 1.33. The van der Waals surface area contributed by atoms with Crippen LogP contribution in [-0.4, -0.2) is 17.9 Å². The first-order chi connectivity index (χ1) is 7.60. The van der Waals surface area contributed by atoms with E-state index < -0.39 is 0 Å². The highest BCUT2D eigenvalue weighted by Crippen LogP contribution is 2.53. The second-order valence-corrected chi connectivity index (χ2v) is 5.91. The largest absolute Gasteiger partial charge is 0.461 e. The molecule has 1 saturated heterocycles. The lowest BCUT2D eigenvalue weighted by molar-refractivity contribution is -0.155. The lowest BCUT2D eigenvalue weighted by atomic mass is 9.57. The van der Waals surface area contributed by atoms with Crippen molar-refractivity contribution in [3.8, 4) is 0 Å². The molecule has 0 unspecified atom stereocenters. The molecule has 0 N–H and O–H groups in total. The van der Waals surface area contributed by atoms with Crippen molar-refractivity contribution >= 4 is 11.8 Å². The van der Waals surface area contributed by atoms with Crippen LogP contribution in [0.2, 0.25) is 0 Å². The molecule has 88 valence electrons. The molecule has 3 fully saturated rings. The first kappa shape index (κ1) is 10.3. The Balaban J connectivity index is 1.93. The number of fused-ring (bicyclic) bond motifs is 3. The Hall–Kier alpha value is -0.860. The highest BCUT2D eigenvalue weighted by molar-refractivity contribution is 5.84. The number of carbonyl (C=O) groups is 2. The summed E-state index contributed by atoms with van der Waals surface area (Å²) in [5, 5.41) is 0. The van der Waals surface area contributed by atoms with Crippen molar-refractivity contribution in [2.45, 2.75) is 51.6 Å². The lowest BCUT2D eigenvalue weighted by Crippen LogP contribution is -2.50. The number of ketones is 1. The van der Waals surface area contributed by atoms with Crippen LogP contribution in [-0.2, 0) is 14.3 Å². The first-order valence-corrected chi connectivity index (χ1v) is 6.32. The zero-order chi connectivity index (χ0) is 11.3. The summed E-state index contributed by atoms with van der Waals surface area (Å²) in [6.07, 6.45) is 5.38. The topological polar surface area (TPSA) is 43.4 Å². The predicted molar refractivity (Wildman–Crippen MR) is 57.7 cm³/mol. The maximum atomic E-state index is 12.1. The summed E-state index contributed by atoms with van der Waals surface area (Å²) >= 11 is 0. The third-order valence-corrected chi connectivity index (χ3v) is 4.84. The van der Waals surface area contributed by atoms with E-state index in [9.17, 15) is 9.59 Å². The van der Waals surface area contributed by atoms with Crippen LogP contribution in [0.4, 0.5) is 0 Å². The van der Waals surface area contributed by atoms with Crippen LogP contribution in [0.15, 0.2) is 0 Å². The Morgan fingerprint density at radius 3 is 2.94 bits per heavy atom. The van der Waals surface area contributed by atoms with Crippen LogP contribution in [0.3, 0.4) is 0 Å². The zero-order valence-electron chi connectivity index (χ0n) is 9.70. The molecule has 0 bridgehead atoms. The molecule has 3 nitrogen and oxygen atoms in total. The quantitative estimate of drug-likeness (QED) is 0.589. The van der Waals surface area contributed by atoms with Crippen LogP contribution in [0.5, 0.6) is 0 Å². The van der Waals surface area contributed by atoms with Gasteiger partial charge in [-0.2, -0.15) is 0 Å². The number of Topliss-reactive ketones (excluding diaryl/α,β-unsaturated/α-hetero) is 1. The summed E-state index contributed by atoms with van der Waals surface area (Å²) in [6, 6.07) is 0. The van der Waals surface area contributed by atoms with Gasteiger partial charge in [0.2, 0.25) is 0 Å². The maximum Gasteiger partial charge on any atom is 0.306 e.